The van der Waals surface area contributed by atoms with Crippen LogP contribution in [0, 0.1) is 11.3 Å². The lowest BCUT2D eigenvalue weighted by atomic mass is 9.76. The standard InChI is InChI=1S/C24H21BrClN3O2/c1-29-19-3-2-4-20(30)23(19)22(17(12-27)24(29)28)15-7-10-21(18(26)11-15)31-13-14-5-8-16(25)9-6-14/h5-11,22H,2-4,13,28H2,1H3/t22-/m1/s1. The average molecular weight is 499 g/mol. The lowest BCUT2D eigenvalue weighted by Gasteiger charge is -2.37. The number of carbonyl (C=O) groups is 1. The molecule has 4 rings (SSSR count). The molecule has 0 bridgehead atoms. The molecule has 0 spiro atoms. The number of carbonyl (C=O) groups excluding carboxylic acids is 1. The van der Waals surface area contributed by atoms with Crippen LogP contribution >= 0.6 is 27.5 Å². The van der Waals surface area contributed by atoms with Crippen molar-refractivity contribution in [1.29, 1.82) is 5.26 Å². The number of benzene rings is 2. The highest BCUT2D eigenvalue weighted by Crippen LogP contribution is 2.45. The number of hydrogen-bond acceptors (Lipinski definition) is 5. The molecular formula is C24H21BrClN3O2. The van der Waals surface area contributed by atoms with Gasteiger partial charge in [0, 0.05) is 29.2 Å². The van der Waals surface area contributed by atoms with Crippen molar-refractivity contribution in [2.75, 3.05) is 7.05 Å². The summed E-state index contributed by atoms with van der Waals surface area (Å²) in [6.07, 6.45) is 2.02. The van der Waals surface area contributed by atoms with Crippen molar-refractivity contribution < 1.29 is 9.53 Å². The molecule has 2 aliphatic rings. The van der Waals surface area contributed by atoms with Crippen LogP contribution in [0.2, 0.25) is 5.02 Å². The highest BCUT2D eigenvalue weighted by atomic mass is 79.9. The molecule has 0 unspecified atom stereocenters. The summed E-state index contributed by atoms with van der Waals surface area (Å²) in [6, 6.07) is 15.5. The zero-order valence-electron chi connectivity index (χ0n) is 17.0. The van der Waals surface area contributed by atoms with Crippen LogP contribution in [0.1, 0.15) is 36.3 Å². The molecule has 0 saturated carbocycles. The highest BCUT2D eigenvalue weighted by Gasteiger charge is 2.38. The molecule has 1 aliphatic carbocycles. The topological polar surface area (TPSA) is 79.3 Å². The van der Waals surface area contributed by atoms with Gasteiger partial charge in [0.25, 0.3) is 0 Å². The Morgan fingerprint density at radius 1 is 1.26 bits per heavy atom. The summed E-state index contributed by atoms with van der Waals surface area (Å²) in [7, 11) is 1.81. The minimum atomic E-state index is -0.512. The number of hydrogen-bond donors (Lipinski definition) is 1. The zero-order valence-corrected chi connectivity index (χ0v) is 19.3. The van der Waals surface area contributed by atoms with Crippen molar-refractivity contribution in [3.8, 4) is 11.8 Å². The first-order valence-corrected chi connectivity index (χ1v) is 11.1. The molecular weight excluding hydrogens is 478 g/mol. The molecule has 0 saturated heterocycles. The molecule has 158 valence electrons. The minimum Gasteiger partial charge on any atom is -0.487 e. The molecule has 1 aliphatic heterocycles. The van der Waals surface area contributed by atoms with E-state index in [0.717, 1.165) is 34.1 Å². The Balaban J connectivity index is 1.67. The summed E-state index contributed by atoms with van der Waals surface area (Å²) in [6.45, 7) is 0.380. The van der Waals surface area contributed by atoms with E-state index in [9.17, 15) is 10.1 Å². The van der Waals surface area contributed by atoms with Crippen LogP contribution in [0.15, 0.2) is 69.6 Å². The smallest absolute Gasteiger partial charge is 0.161 e. The lowest BCUT2D eigenvalue weighted by molar-refractivity contribution is -0.116. The molecule has 0 radical (unpaired) electrons. The van der Waals surface area contributed by atoms with E-state index in [4.69, 9.17) is 22.1 Å². The Bertz CT molecular complexity index is 1150. The molecule has 2 aromatic carbocycles. The van der Waals surface area contributed by atoms with Crippen LogP contribution in [-0.4, -0.2) is 17.7 Å². The molecule has 1 atom stereocenters. The summed E-state index contributed by atoms with van der Waals surface area (Å²) < 4.78 is 6.89. The molecule has 1 heterocycles. The Labute approximate surface area is 194 Å². The van der Waals surface area contributed by atoms with E-state index in [0.29, 0.717) is 40.8 Å². The van der Waals surface area contributed by atoms with Gasteiger partial charge >= 0.3 is 0 Å². The average Bonchev–Trinajstić information content (AvgIpc) is 2.76. The van der Waals surface area contributed by atoms with Crippen LogP contribution in [0.25, 0.3) is 0 Å². The predicted molar refractivity (Wildman–Crippen MR) is 123 cm³/mol. The summed E-state index contributed by atoms with van der Waals surface area (Å²) in [5.74, 6) is 0.473. The maximum Gasteiger partial charge on any atom is 0.161 e. The van der Waals surface area contributed by atoms with Gasteiger partial charge in [-0.1, -0.05) is 45.7 Å². The van der Waals surface area contributed by atoms with Gasteiger partial charge in [-0.2, -0.15) is 5.26 Å². The van der Waals surface area contributed by atoms with E-state index >= 15 is 0 Å². The number of halogens is 2. The highest BCUT2D eigenvalue weighted by molar-refractivity contribution is 9.10. The van der Waals surface area contributed by atoms with Crippen molar-refractivity contribution in [1.82, 2.24) is 4.90 Å². The molecule has 5 nitrogen and oxygen atoms in total. The summed E-state index contributed by atoms with van der Waals surface area (Å²) >= 11 is 9.95. The third kappa shape index (κ3) is 4.08. The first kappa shape index (κ1) is 21.5. The van der Waals surface area contributed by atoms with Crippen molar-refractivity contribution in [2.24, 2.45) is 5.73 Å². The largest absolute Gasteiger partial charge is 0.487 e. The van der Waals surface area contributed by atoms with Crippen LogP contribution in [0.4, 0.5) is 0 Å². The number of nitriles is 1. The van der Waals surface area contributed by atoms with Gasteiger partial charge < -0.3 is 15.4 Å². The number of rotatable bonds is 4. The molecule has 7 heteroatoms. The summed E-state index contributed by atoms with van der Waals surface area (Å²) in [5, 5.41) is 10.3. The van der Waals surface area contributed by atoms with Crippen LogP contribution < -0.4 is 10.5 Å². The summed E-state index contributed by atoms with van der Waals surface area (Å²) in [5.41, 5.74) is 9.97. The monoisotopic (exact) mass is 497 g/mol. The normalized spacial score (nSPS) is 18.7. The van der Waals surface area contributed by atoms with Crippen molar-refractivity contribution in [3.63, 3.8) is 0 Å². The van der Waals surface area contributed by atoms with Gasteiger partial charge in [-0.25, -0.2) is 0 Å². The van der Waals surface area contributed by atoms with Gasteiger partial charge in [-0.05, 0) is 48.2 Å². The quantitative estimate of drug-likeness (QED) is 0.609. The number of ether oxygens (including phenoxy) is 1. The first-order valence-electron chi connectivity index (χ1n) is 9.97. The van der Waals surface area contributed by atoms with Crippen molar-refractivity contribution in [3.05, 3.63) is 85.8 Å². The van der Waals surface area contributed by atoms with Gasteiger partial charge in [-0.15, -0.1) is 0 Å². The second-order valence-corrected chi connectivity index (χ2v) is 8.97. The van der Waals surface area contributed by atoms with E-state index in [2.05, 4.69) is 22.0 Å². The van der Waals surface area contributed by atoms with E-state index < -0.39 is 5.92 Å². The Morgan fingerprint density at radius 3 is 2.68 bits per heavy atom. The number of nitrogens with zero attached hydrogens (tertiary/aromatic N) is 2. The van der Waals surface area contributed by atoms with Gasteiger partial charge in [0.05, 0.1) is 22.6 Å². The molecule has 0 fully saturated rings. The molecule has 0 amide bonds. The van der Waals surface area contributed by atoms with Crippen LogP contribution in [0.3, 0.4) is 0 Å². The predicted octanol–water partition coefficient (Wildman–Crippen LogP) is 5.41. The van der Waals surface area contributed by atoms with E-state index in [-0.39, 0.29) is 5.78 Å². The van der Waals surface area contributed by atoms with Gasteiger partial charge in [0.1, 0.15) is 18.2 Å². The summed E-state index contributed by atoms with van der Waals surface area (Å²) in [4.78, 5) is 14.6. The Kier molecular flexibility index (Phi) is 6.08. The molecule has 2 aromatic rings. The molecule has 2 N–H and O–H groups in total. The van der Waals surface area contributed by atoms with Crippen molar-refractivity contribution >= 4 is 33.3 Å². The van der Waals surface area contributed by atoms with Crippen molar-refractivity contribution in [2.45, 2.75) is 31.8 Å². The zero-order chi connectivity index (χ0) is 22.1. The number of allylic oxidation sites excluding steroid dienone is 3. The first-order chi connectivity index (χ1) is 14.9. The second kappa shape index (κ2) is 8.78. The Hall–Kier alpha value is -2.75. The third-order valence-electron chi connectivity index (χ3n) is 5.77. The van der Waals surface area contributed by atoms with E-state index in [1.54, 1.807) is 17.0 Å². The molecule has 0 aromatic heterocycles. The fraction of sp³-hybridized carbons (Fsp3) is 0.250. The van der Waals surface area contributed by atoms with Gasteiger partial charge in [0.2, 0.25) is 0 Å². The minimum absolute atomic E-state index is 0.0602. The molecule has 31 heavy (non-hydrogen) atoms. The lowest BCUT2D eigenvalue weighted by Crippen LogP contribution is -2.36. The van der Waals surface area contributed by atoms with Gasteiger partial charge in [0.15, 0.2) is 5.78 Å². The van der Waals surface area contributed by atoms with Crippen LogP contribution in [0.5, 0.6) is 5.75 Å². The number of nitrogens with two attached hydrogens (primary N) is 1. The maximum atomic E-state index is 12.8. The number of Topliss-reactive ketones (excluding diaryl/α,β-unsaturated/α-hetero) is 1. The van der Waals surface area contributed by atoms with E-state index in [1.165, 1.54) is 0 Å². The fourth-order valence-corrected chi connectivity index (χ4v) is 4.66. The third-order valence-corrected chi connectivity index (χ3v) is 6.59. The van der Waals surface area contributed by atoms with Gasteiger partial charge in [-0.3, -0.25) is 4.79 Å². The van der Waals surface area contributed by atoms with E-state index in [1.807, 2.05) is 37.4 Å². The van der Waals surface area contributed by atoms with Crippen LogP contribution in [-0.2, 0) is 11.4 Å². The number of ketones is 1. The fourth-order valence-electron chi connectivity index (χ4n) is 4.15. The second-order valence-electron chi connectivity index (χ2n) is 7.64. The SMILES string of the molecule is CN1C(N)=C(C#N)[C@@H](c2ccc(OCc3ccc(Br)cc3)c(Cl)c2)C2=C1CCCC2=O. The maximum absolute atomic E-state index is 12.8. The Morgan fingerprint density at radius 2 is 2.00 bits per heavy atom.